The molecule has 0 radical (unpaired) electrons. The summed E-state index contributed by atoms with van der Waals surface area (Å²) in [4.78, 5) is 33.1. The van der Waals surface area contributed by atoms with Crippen LogP contribution in [0.25, 0.3) is 0 Å². The number of hydrogen-bond acceptors (Lipinski definition) is 9. The molecule has 2 N–H and O–H groups in total. The molecule has 0 bridgehead atoms. The quantitative estimate of drug-likeness (QED) is 0.464. The molecule has 1 unspecified atom stereocenters. The fraction of sp³-hybridized carbons (Fsp3) is 0.235. The Morgan fingerprint density at radius 2 is 2.00 bits per heavy atom. The molecule has 1 atom stereocenters. The zero-order chi connectivity index (χ0) is 21.0. The smallest absolute Gasteiger partial charge is 0.433 e. The highest BCUT2D eigenvalue weighted by molar-refractivity contribution is 5.53. The third-order valence-electron chi connectivity index (χ3n) is 3.54. The van der Waals surface area contributed by atoms with Gasteiger partial charge in [-0.3, -0.25) is 14.9 Å². The van der Waals surface area contributed by atoms with Crippen molar-refractivity contribution in [2.75, 3.05) is 14.1 Å². The van der Waals surface area contributed by atoms with Crippen LogP contribution in [0.5, 0.6) is 5.75 Å². The number of nitro groups is 1. The van der Waals surface area contributed by atoms with E-state index in [0.29, 0.717) is 5.76 Å². The predicted molar refractivity (Wildman–Crippen MR) is 94.1 cm³/mol. The molecule has 11 nitrogen and oxygen atoms in total. The van der Waals surface area contributed by atoms with Crippen molar-refractivity contribution in [1.82, 2.24) is 4.90 Å². The molecule has 146 valence electrons. The molecule has 0 saturated carbocycles. The number of fused-ring (bicyclic) bond motifs is 1. The zero-order valence-corrected chi connectivity index (χ0v) is 15.2. The second-order valence-corrected chi connectivity index (χ2v) is 5.85. The fourth-order valence-electron chi connectivity index (χ4n) is 2.40. The van der Waals surface area contributed by atoms with Crippen LogP contribution in [0, 0.1) is 28.4 Å². The van der Waals surface area contributed by atoms with Gasteiger partial charge in [0.1, 0.15) is 33.8 Å². The zero-order valence-electron chi connectivity index (χ0n) is 15.2. The summed E-state index contributed by atoms with van der Waals surface area (Å²) in [7, 11) is 3.38. The second-order valence-electron chi connectivity index (χ2n) is 5.85. The Morgan fingerprint density at radius 3 is 2.50 bits per heavy atom. The van der Waals surface area contributed by atoms with Crippen molar-refractivity contribution in [3.8, 4) is 11.8 Å². The number of nitriles is 1. The van der Waals surface area contributed by atoms with Crippen LogP contribution in [0.2, 0.25) is 0 Å². The van der Waals surface area contributed by atoms with E-state index in [1.165, 1.54) is 17.0 Å². The first-order chi connectivity index (χ1) is 13.2. The molecular formula is C17H16N4O7. The van der Waals surface area contributed by atoms with Gasteiger partial charge in [0, 0.05) is 20.2 Å². The number of nitrogens with zero attached hydrogens (tertiary/aromatic N) is 3. The number of rotatable bonds is 3. The van der Waals surface area contributed by atoms with Gasteiger partial charge in [0.25, 0.3) is 0 Å². The summed E-state index contributed by atoms with van der Waals surface area (Å²) in [5.74, 6) is -1.30. The first-order valence-corrected chi connectivity index (χ1v) is 7.77. The lowest BCUT2D eigenvalue weighted by atomic mass is 9.88. The molecule has 0 aromatic carbocycles. The van der Waals surface area contributed by atoms with E-state index < -0.39 is 22.4 Å². The van der Waals surface area contributed by atoms with Crippen LogP contribution in [-0.2, 0) is 4.79 Å². The lowest BCUT2D eigenvalue weighted by Crippen LogP contribution is -2.26. The van der Waals surface area contributed by atoms with Crippen LogP contribution in [-0.4, -0.2) is 30.3 Å². The van der Waals surface area contributed by atoms with Gasteiger partial charge in [-0.25, -0.2) is 4.79 Å². The van der Waals surface area contributed by atoms with E-state index in [-0.39, 0.29) is 28.5 Å². The maximum absolute atomic E-state index is 12.2. The Balaban J connectivity index is 0.000000500. The van der Waals surface area contributed by atoms with Crippen LogP contribution in [0.1, 0.15) is 23.0 Å². The van der Waals surface area contributed by atoms with Gasteiger partial charge in [0.05, 0.1) is 17.5 Å². The largest absolute Gasteiger partial charge is 0.440 e. The van der Waals surface area contributed by atoms with Crippen molar-refractivity contribution in [3.63, 3.8) is 0 Å². The molecule has 2 aromatic rings. The summed E-state index contributed by atoms with van der Waals surface area (Å²) in [6, 6.07) is 5.73. The number of amides is 1. The average Bonchev–Trinajstić information content (AvgIpc) is 3.10. The summed E-state index contributed by atoms with van der Waals surface area (Å²) >= 11 is 0. The maximum atomic E-state index is 12.2. The summed E-state index contributed by atoms with van der Waals surface area (Å²) in [6.07, 6.45) is 0.750. The lowest BCUT2D eigenvalue weighted by molar-refractivity contribution is -0.402. The minimum atomic E-state index is -1.03. The standard InChI is InChI=1S/C14H9N3O6.C3H7NO/c1-6-4-9-12(14(18)21-6)11(7(5-15)13(16)23-9)8-2-3-10(22-8)17(19)20;1-4(2)3-5/h2-4,11H,16H2,1H3;3H,1-2H3. The van der Waals surface area contributed by atoms with E-state index in [9.17, 15) is 25.0 Å². The van der Waals surface area contributed by atoms with E-state index in [2.05, 4.69) is 0 Å². The summed E-state index contributed by atoms with van der Waals surface area (Å²) in [6.45, 7) is 1.55. The SMILES string of the molecule is CN(C)C=O.Cc1cc2c(c(=O)o1)C(c1ccc([N+](=O)[O-])o1)C(C#N)=C(N)O2. The molecule has 1 aliphatic rings. The van der Waals surface area contributed by atoms with Crippen molar-refractivity contribution < 1.29 is 23.3 Å². The van der Waals surface area contributed by atoms with Crippen molar-refractivity contribution in [3.05, 3.63) is 67.3 Å². The number of carbonyl (C=O) groups excluding carboxylic acids is 1. The molecule has 0 fully saturated rings. The van der Waals surface area contributed by atoms with Crippen molar-refractivity contribution in [2.24, 2.45) is 5.73 Å². The van der Waals surface area contributed by atoms with Crippen LogP contribution >= 0.6 is 0 Å². The lowest BCUT2D eigenvalue weighted by Gasteiger charge is -2.23. The summed E-state index contributed by atoms with van der Waals surface area (Å²) in [5, 5.41) is 20.1. The molecule has 1 amide bonds. The third kappa shape index (κ3) is 4.01. The molecule has 0 spiro atoms. The highest BCUT2D eigenvalue weighted by Gasteiger charge is 2.37. The first-order valence-electron chi connectivity index (χ1n) is 7.77. The Kier molecular flexibility index (Phi) is 5.85. The van der Waals surface area contributed by atoms with Gasteiger partial charge in [-0.05, 0) is 13.0 Å². The summed E-state index contributed by atoms with van der Waals surface area (Å²) in [5.41, 5.74) is 4.91. The number of ether oxygens (including phenoxy) is 1. The van der Waals surface area contributed by atoms with Gasteiger partial charge in [-0.1, -0.05) is 0 Å². The molecule has 3 heterocycles. The highest BCUT2D eigenvalue weighted by atomic mass is 16.6. The Morgan fingerprint density at radius 1 is 1.36 bits per heavy atom. The highest BCUT2D eigenvalue weighted by Crippen LogP contribution is 2.41. The average molecular weight is 388 g/mol. The van der Waals surface area contributed by atoms with E-state index in [4.69, 9.17) is 19.3 Å². The van der Waals surface area contributed by atoms with Crippen LogP contribution in [0.4, 0.5) is 5.88 Å². The predicted octanol–water partition coefficient (Wildman–Crippen LogP) is 1.37. The number of carbonyl (C=O) groups is 1. The maximum Gasteiger partial charge on any atom is 0.433 e. The molecule has 2 aromatic heterocycles. The number of hydrogen-bond donors (Lipinski definition) is 1. The monoisotopic (exact) mass is 388 g/mol. The Bertz CT molecular complexity index is 1040. The molecule has 11 heteroatoms. The molecule has 0 aliphatic carbocycles. The number of allylic oxidation sites excluding steroid dienone is 1. The van der Waals surface area contributed by atoms with Gasteiger partial charge in [0.2, 0.25) is 12.3 Å². The van der Waals surface area contributed by atoms with Crippen LogP contribution in [0.15, 0.2) is 43.3 Å². The Hall–Kier alpha value is -4.07. The second kappa shape index (κ2) is 8.09. The van der Waals surface area contributed by atoms with Gasteiger partial charge in [-0.2, -0.15) is 5.26 Å². The Labute approximate surface area is 158 Å². The number of aryl methyl sites for hydroxylation is 1. The van der Waals surface area contributed by atoms with Gasteiger partial charge < -0.3 is 24.2 Å². The van der Waals surface area contributed by atoms with Gasteiger partial charge in [0.15, 0.2) is 0 Å². The van der Waals surface area contributed by atoms with Gasteiger partial charge >= 0.3 is 11.5 Å². The summed E-state index contributed by atoms with van der Waals surface area (Å²) < 4.78 is 15.5. The minimum absolute atomic E-state index is 0.00518. The topological polar surface area (TPSA) is 166 Å². The van der Waals surface area contributed by atoms with Crippen molar-refractivity contribution >= 4 is 12.3 Å². The van der Waals surface area contributed by atoms with Gasteiger partial charge in [-0.15, -0.1) is 0 Å². The minimum Gasteiger partial charge on any atom is -0.440 e. The van der Waals surface area contributed by atoms with Crippen molar-refractivity contribution in [2.45, 2.75) is 12.8 Å². The van der Waals surface area contributed by atoms with Crippen LogP contribution < -0.4 is 16.1 Å². The fourth-order valence-corrected chi connectivity index (χ4v) is 2.40. The van der Waals surface area contributed by atoms with E-state index in [0.717, 1.165) is 12.5 Å². The van der Waals surface area contributed by atoms with E-state index in [1.807, 2.05) is 6.07 Å². The van der Waals surface area contributed by atoms with E-state index in [1.54, 1.807) is 21.0 Å². The molecule has 28 heavy (non-hydrogen) atoms. The molecule has 3 rings (SSSR count). The first kappa shape index (κ1) is 20.2. The molecule has 0 saturated heterocycles. The van der Waals surface area contributed by atoms with Crippen molar-refractivity contribution in [1.29, 1.82) is 5.26 Å². The van der Waals surface area contributed by atoms with Crippen LogP contribution in [0.3, 0.4) is 0 Å². The normalized spacial score (nSPS) is 14.7. The third-order valence-corrected chi connectivity index (χ3v) is 3.54. The molecular weight excluding hydrogens is 372 g/mol. The molecule has 1 aliphatic heterocycles. The van der Waals surface area contributed by atoms with E-state index >= 15 is 0 Å². The number of furan rings is 1. The number of nitrogens with two attached hydrogens (primary N) is 1.